The van der Waals surface area contributed by atoms with Gasteiger partial charge in [0.25, 0.3) is 0 Å². The summed E-state index contributed by atoms with van der Waals surface area (Å²) in [6.07, 6.45) is 9.54. The van der Waals surface area contributed by atoms with E-state index in [1.165, 1.54) is 11.3 Å². The van der Waals surface area contributed by atoms with E-state index in [2.05, 4.69) is 34.9 Å². The zero-order chi connectivity index (χ0) is 13.0. The van der Waals surface area contributed by atoms with Gasteiger partial charge >= 0.3 is 0 Å². The van der Waals surface area contributed by atoms with Crippen molar-refractivity contribution in [1.82, 2.24) is 5.32 Å². The van der Waals surface area contributed by atoms with Gasteiger partial charge in [-0.1, -0.05) is 18.2 Å². The molecule has 4 N–H and O–H groups in total. The normalized spacial score (nSPS) is 16.6. The van der Waals surface area contributed by atoms with Crippen molar-refractivity contribution in [2.45, 2.75) is 6.42 Å². The Morgan fingerprint density at radius 2 is 2.00 bits per heavy atom. The van der Waals surface area contributed by atoms with Gasteiger partial charge in [-0.3, -0.25) is 0 Å². The lowest BCUT2D eigenvalue weighted by Gasteiger charge is -2.11. The highest BCUT2D eigenvalue weighted by molar-refractivity contribution is 5.72. The molecule has 1 aliphatic carbocycles. The molecular formula is C15H19N3. The highest BCUT2D eigenvalue weighted by Crippen LogP contribution is 2.24. The standard InChI is InChI=1S/C15H19N3/c1-17-14-7-3-11(4-8-14)9-12-5-6-13(16)10-15(12)18-2/h3,5-10,17-18H,4,16H2,1-2H3/b11-9-. The average molecular weight is 241 g/mol. The molecule has 0 radical (unpaired) electrons. The zero-order valence-electron chi connectivity index (χ0n) is 10.8. The first-order chi connectivity index (χ1) is 8.72. The van der Waals surface area contributed by atoms with Crippen LogP contribution in [0.1, 0.15) is 12.0 Å². The zero-order valence-corrected chi connectivity index (χ0v) is 10.8. The molecule has 1 aromatic rings. The number of nitrogen functional groups attached to an aromatic ring is 1. The Morgan fingerprint density at radius 1 is 1.17 bits per heavy atom. The van der Waals surface area contributed by atoms with Crippen molar-refractivity contribution in [1.29, 1.82) is 0 Å². The molecule has 1 aliphatic rings. The summed E-state index contributed by atoms with van der Waals surface area (Å²) in [6, 6.07) is 5.92. The first kappa shape index (κ1) is 12.3. The van der Waals surface area contributed by atoms with Crippen LogP contribution < -0.4 is 16.4 Å². The molecule has 3 nitrogen and oxygen atoms in total. The van der Waals surface area contributed by atoms with Crippen molar-refractivity contribution < 1.29 is 0 Å². The highest BCUT2D eigenvalue weighted by atomic mass is 14.8. The molecule has 2 rings (SSSR count). The third-order valence-corrected chi connectivity index (χ3v) is 3.01. The van der Waals surface area contributed by atoms with Crippen LogP contribution in [0.5, 0.6) is 0 Å². The number of benzene rings is 1. The predicted molar refractivity (Wildman–Crippen MR) is 79.3 cm³/mol. The minimum atomic E-state index is 0.776. The summed E-state index contributed by atoms with van der Waals surface area (Å²) >= 11 is 0. The topological polar surface area (TPSA) is 50.1 Å². The molecule has 0 saturated carbocycles. The molecule has 0 spiro atoms. The van der Waals surface area contributed by atoms with Gasteiger partial charge in [0.05, 0.1) is 0 Å². The van der Waals surface area contributed by atoms with E-state index >= 15 is 0 Å². The van der Waals surface area contributed by atoms with Crippen LogP contribution in [0.3, 0.4) is 0 Å². The quantitative estimate of drug-likeness (QED) is 0.713. The molecule has 0 atom stereocenters. The summed E-state index contributed by atoms with van der Waals surface area (Å²) in [4.78, 5) is 0. The van der Waals surface area contributed by atoms with E-state index in [9.17, 15) is 0 Å². The van der Waals surface area contributed by atoms with Crippen molar-refractivity contribution >= 4 is 17.5 Å². The van der Waals surface area contributed by atoms with Crippen LogP contribution in [0.2, 0.25) is 0 Å². The fourth-order valence-electron chi connectivity index (χ4n) is 1.97. The Morgan fingerprint density at radius 3 is 2.61 bits per heavy atom. The van der Waals surface area contributed by atoms with Crippen LogP contribution in [0.4, 0.5) is 11.4 Å². The van der Waals surface area contributed by atoms with Crippen LogP contribution >= 0.6 is 0 Å². The van der Waals surface area contributed by atoms with Crippen molar-refractivity contribution in [2.24, 2.45) is 0 Å². The number of hydrogen-bond acceptors (Lipinski definition) is 3. The minimum Gasteiger partial charge on any atom is -0.399 e. The third kappa shape index (κ3) is 2.74. The van der Waals surface area contributed by atoms with E-state index in [0.29, 0.717) is 0 Å². The summed E-state index contributed by atoms with van der Waals surface area (Å²) in [6.45, 7) is 0. The van der Waals surface area contributed by atoms with Gasteiger partial charge in [-0.25, -0.2) is 0 Å². The lowest BCUT2D eigenvalue weighted by atomic mass is 10.0. The molecule has 18 heavy (non-hydrogen) atoms. The van der Waals surface area contributed by atoms with Gasteiger partial charge in [0.2, 0.25) is 0 Å². The van der Waals surface area contributed by atoms with Gasteiger partial charge < -0.3 is 16.4 Å². The molecule has 0 heterocycles. The Bertz CT molecular complexity index is 525. The lowest BCUT2D eigenvalue weighted by Crippen LogP contribution is -2.05. The second-order valence-corrected chi connectivity index (χ2v) is 4.26. The molecule has 0 aromatic heterocycles. The van der Waals surface area contributed by atoms with Gasteiger partial charge in [0.1, 0.15) is 0 Å². The number of nitrogens with one attached hydrogen (secondary N) is 2. The summed E-state index contributed by atoms with van der Waals surface area (Å²) in [7, 11) is 3.84. The fourth-order valence-corrected chi connectivity index (χ4v) is 1.97. The number of anilines is 2. The molecule has 0 fully saturated rings. The van der Waals surface area contributed by atoms with Crippen molar-refractivity contribution in [3.63, 3.8) is 0 Å². The number of likely N-dealkylation sites (N-methyl/N-ethyl adjacent to an activating group) is 1. The van der Waals surface area contributed by atoms with E-state index in [0.717, 1.165) is 23.4 Å². The second-order valence-electron chi connectivity index (χ2n) is 4.26. The van der Waals surface area contributed by atoms with Gasteiger partial charge in [0.15, 0.2) is 0 Å². The van der Waals surface area contributed by atoms with Crippen molar-refractivity contribution in [3.05, 3.63) is 53.3 Å². The first-order valence-corrected chi connectivity index (χ1v) is 6.07. The van der Waals surface area contributed by atoms with Crippen LogP contribution in [-0.2, 0) is 0 Å². The first-order valence-electron chi connectivity index (χ1n) is 6.07. The third-order valence-electron chi connectivity index (χ3n) is 3.01. The number of allylic oxidation sites excluding steroid dienone is 4. The summed E-state index contributed by atoms with van der Waals surface area (Å²) < 4.78 is 0. The van der Waals surface area contributed by atoms with Gasteiger partial charge in [-0.15, -0.1) is 0 Å². The molecule has 0 bridgehead atoms. The SMILES string of the molecule is CNC1=CC/C(=C\c2ccc(N)cc2NC)C=C1. The minimum absolute atomic E-state index is 0.776. The van der Waals surface area contributed by atoms with Crippen LogP contribution in [-0.4, -0.2) is 14.1 Å². The molecule has 1 aromatic carbocycles. The lowest BCUT2D eigenvalue weighted by molar-refractivity contribution is 1.00. The van der Waals surface area contributed by atoms with E-state index in [1.54, 1.807) is 0 Å². The van der Waals surface area contributed by atoms with Crippen LogP contribution in [0.15, 0.2) is 47.7 Å². The van der Waals surface area contributed by atoms with Gasteiger partial charge in [0, 0.05) is 31.2 Å². The fraction of sp³-hybridized carbons (Fsp3) is 0.200. The Hall–Kier alpha value is -2.16. The monoisotopic (exact) mass is 241 g/mol. The van der Waals surface area contributed by atoms with Gasteiger partial charge in [-0.05, 0) is 41.8 Å². The molecule has 0 amide bonds. The Balaban J connectivity index is 2.25. The van der Waals surface area contributed by atoms with E-state index < -0.39 is 0 Å². The number of rotatable bonds is 3. The largest absolute Gasteiger partial charge is 0.399 e. The highest BCUT2D eigenvalue weighted by Gasteiger charge is 2.03. The maximum absolute atomic E-state index is 5.78. The Labute approximate surface area is 108 Å². The Kier molecular flexibility index (Phi) is 3.72. The predicted octanol–water partition coefficient (Wildman–Crippen LogP) is 2.76. The summed E-state index contributed by atoms with van der Waals surface area (Å²) in [5.41, 5.74) is 11.2. The second kappa shape index (κ2) is 5.45. The number of nitrogens with two attached hydrogens (primary N) is 1. The van der Waals surface area contributed by atoms with Crippen LogP contribution in [0, 0.1) is 0 Å². The average Bonchev–Trinajstić information content (AvgIpc) is 2.41. The maximum atomic E-state index is 5.78. The van der Waals surface area contributed by atoms with E-state index in [1.807, 2.05) is 32.3 Å². The summed E-state index contributed by atoms with van der Waals surface area (Å²) in [5, 5.41) is 6.31. The smallest absolute Gasteiger partial charge is 0.0431 e. The molecule has 0 unspecified atom stereocenters. The molecule has 3 heteroatoms. The number of hydrogen-bond donors (Lipinski definition) is 3. The van der Waals surface area contributed by atoms with E-state index in [4.69, 9.17) is 5.73 Å². The van der Waals surface area contributed by atoms with Crippen LogP contribution in [0.25, 0.3) is 6.08 Å². The van der Waals surface area contributed by atoms with Crippen molar-refractivity contribution in [2.75, 3.05) is 25.1 Å². The summed E-state index contributed by atoms with van der Waals surface area (Å²) in [5.74, 6) is 0. The van der Waals surface area contributed by atoms with Gasteiger partial charge in [-0.2, -0.15) is 0 Å². The maximum Gasteiger partial charge on any atom is 0.0431 e. The van der Waals surface area contributed by atoms with Crippen molar-refractivity contribution in [3.8, 4) is 0 Å². The molecular weight excluding hydrogens is 222 g/mol. The molecule has 0 saturated heterocycles. The molecule has 94 valence electrons. The molecule has 0 aliphatic heterocycles. The van der Waals surface area contributed by atoms with E-state index in [-0.39, 0.29) is 0 Å².